The molecule has 1 aromatic carbocycles. The summed E-state index contributed by atoms with van der Waals surface area (Å²) in [5.74, 6) is -0.0133. The molecule has 33 heavy (non-hydrogen) atoms. The number of guanidine groups is 1. The molecule has 1 spiro atoms. The van der Waals surface area contributed by atoms with Crippen LogP contribution < -0.4 is 5.73 Å². The summed E-state index contributed by atoms with van der Waals surface area (Å²) >= 11 is 0. The maximum absolute atomic E-state index is 14.2. The van der Waals surface area contributed by atoms with E-state index in [1.165, 1.54) is 4.90 Å². The van der Waals surface area contributed by atoms with Gasteiger partial charge in [0.25, 0.3) is 0 Å². The van der Waals surface area contributed by atoms with Gasteiger partial charge >= 0.3 is 0 Å². The summed E-state index contributed by atoms with van der Waals surface area (Å²) in [7, 11) is 1.78. The molecule has 1 saturated carbocycles. The Bertz CT molecular complexity index is 936. The number of nitrogens with zero attached hydrogens (tertiary/aromatic N) is 2. The van der Waals surface area contributed by atoms with Gasteiger partial charge in [0.2, 0.25) is 5.91 Å². The Morgan fingerprint density at radius 2 is 2.12 bits per heavy atom. The van der Waals surface area contributed by atoms with Crippen LogP contribution >= 0.6 is 0 Å². The number of nitrogens with one attached hydrogen (secondary N) is 1. The van der Waals surface area contributed by atoms with Crippen LogP contribution in [0.3, 0.4) is 0 Å². The maximum Gasteiger partial charge on any atom is 0.237 e. The molecule has 2 fully saturated rings. The van der Waals surface area contributed by atoms with Crippen molar-refractivity contribution in [1.29, 1.82) is 10.7 Å². The van der Waals surface area contributed by atoms with Crippen molar-refractivity contribution < 1.29 is 14.3 Å². The molecule has 1 amide bonds. The predicted octanol–water partition coefficient (Wildman–Crippen LogP) is 3.56. The second-order valence-corrected chi connectivity index (χ2v) is 10.1. The zero-order valence-corrected chi connectivity index (χ0v) is 19.8. The van der Waals surface area contributed by atoms with Crippen LogP contribution in [0.25, 0.3) is 0 Å². The van der Waals surface area contributed by atoms with Crippen molar-refractivity contribution in [3.8, 4) is 6.07 Å². The SMILES string of the molecule is CC[C@@H]1C[C@]2(CC[C@H]1OC)Cc1ccc(C#N)cc1[C@H]2C(=O)N(CC1CCOCC1)C(=N)N. The molecule has 0 aromatic heterocycles. The lowest BCUT2D eigenvalue weighted by Crippen LogP contribution is -2.51. The molecule has 1 saturated heterocycles. The Hall–Kier alpha value is -2.43. The third-order valence-corrected chi connectivity index (χ3v) is 8.27. The van der Waals surface area contributed by atoms with Gasteiger partial charge in [-0.15, -0.1) is 0 Å². The van der Waals surface area contributed by atoms with E-state index < -0.39 is 5.92 Å². The van der Waals surface area contributed by atoms with Gasteiger partial charge in [0, 0.05) is 26.9 Å². The van der Waals surface area contributed by atoms with Gasteiger partial charge in [-0.25, -0.2) is 0 Å². The molecule has 0 bridgehead atoms. The number of nitriles is 1. The number of ether oxygens (including phenoxy) is 2. The number of hydrogen-bond acceptors (Lipinski definition) is 5. The maximum atomic E-state index is 14.2. The first kappa shape index (κ1) is 23.7. The third kappa shape index (κ3) is 4.51. The number of carbonyl (C=O) groups is 1. The van der Waals surface area contributed by atoms with Gasteiger partial charge in [-0.2, -0.15) is 5.26 Å². The Kier molecular flexibility index (Phi) is 7.06. The molecular weight excluding hydrogens is 416 g/mol. The van der Waals surface area contributed by atoms with E-state index >= 15 is 0 Å². The van der Waals surface area contributed by atoms with E-state index in [0.717, 1.165) is 56.1 Å². The second kappa shape index (κ2) is 9.82. The van der Waals surface area contributed by atoms with E-state index in [1.54, 1.807) is 7.11 Å². The normalized spacial score (nSPS) is 29.4. The molecule has 178 valence electrons. The molecule has 1 heterocycles. The highest BCUT2D eigenvalue weighted by Crippen LogP contribution is 2.58. The summed E-state index contributed by atoms with van der Waals surface area (Å²) in [5, 5.41) is 17.8. The predicted molar refractivity (Wildman–Crippen MR) is 126 cm³/mol. The molecule has 3 aliphatic rings. The van der Waals surface area contributed by atoms with Gasteiger partial charge in [0.15, 0.2) is 5.96 Å². The molecule has 3 N–H and O–H groups in total. The smallest absolute Gasteiger partial charge is 0.237 e. The van der Waals surface area contributed by atoms with Crippen LogP contribution in [0.15, 0.2) is 18.2 Å². The van der Waals surface area contributed by atoms with Crippen molar-refractivity contribution in [1.82, 2.24) is 4.90 Å². The van der Waals surface area contributed by atoms with Crippen molar-refractivity contribution in [2.75, 3.05) is 26.9 Å². The Balaban J connectivity index is 1.71. The van der Waals surface area contributed by atoms with Gasteiger partial charge in [-0.1, -0.05) is 19.4 Å². The third-order valence-electron chi connectivity index (χ3n) is 8.27. The largest absolute Gasteiger partial charge is 0.381 e. The molecule has 4 rings (SSSR count). The van der Waals surface area contributed by atoms with Gasteiger partial charge in [-0.05, 0) is 79.0 Å². The number of hydrogen-bond donors (Lipinski definition) is 2. The van der Waals surface area contributed by atoms with E-state index in [9.17, 15) is 10.1 Å². The number of nitrogens with two attached hydrogens (primary N) is 1. The minimum Gasteiger partial charge on any atom is -0.381 e. The first-order valence-electron chi connectivity index (χ1n) is 12.2. The van der Waals surface area contributed by atoms with Crippen molar-refractivity contribution in [2.24, 2.45) is 23.0 Å². The van der Waals surface area contributed by atoms with Gasteiger partial charge < -0.3 is 15.2 Å². The lowest BCUT2D eigenvalue weighted by Gasteiger charge is -2.46. The zero-order valence-electron chi connectivity index (χ0n) is 19.8. The highest BCUT2D eigenvalue weighted by atomic mass is 16.5. The lowest BCUT2D eigenvalue weighted by molar-refractivity contribution is -0.135. The molecular formula is C26H36N4O3. The summed E-state index contributed by atoms with van der Waals surface area (Å²) in [6.45, 7) is 4.01. The fraction of sp³-hybridized carbons (Fsp3) is 0.654. The average Bonchev–Trinajstić information content (AvgIpc) is 3.14. The Labute approximate surface area is 196 Å². The van der Waals surface area contributed by atoms with Crippen LogP contribution in [0.5, 0.6) is 0 Å². The van der Waals surface area contributed by atoms with Crippen LogP contribution in [0.1, 0.15) is 68.1 Å². The van der Waals surface area contributed by atoms with Crippen LogP contribution in [0.2, 0.25) is 0 Å². The minimum absolute atomic E-state index is 0.0893. The standard InChI is InChI=1S/C26H36N4O3/c1-3-19-13-26(9-6-22(19)32-2)14-20-5-4-18(15-27)12-21(20)23(26)24(31)30(25(28)29)16-17-7-10-33-11-8-17/h4-5,12,17,19,22-23H,3,6-11,13-14,16H2,1-2H3,(H3,28,29)/t19-,22-,23+,26-/m1/s1. The van der Waals surface area contributed by atoms with E-state index in [2.05, 4.69) is 13.0 Å². The van der Waals surface area contributed by atoms with Crippen LogP contribution in [-0.2, 0) is 20.7 Å². The molecule has 0 unspecified atom stereocenters. The molecule has 4 atom stereocenters. The Morgan fingerprint density at radius 1 is 1.36 bits per heavy atom. The van der Waals surface area contributed by atoms with Crippen molar-refractivity contribution >= 4 is 11.9 Å². The van der Waals surface area contributed by atoms with Crippen LogP contribution in [-0.4, -0.2) is 49.7 Å². The zero-order chi connectivity index (χ0) is 23.6. The van der Waals surface area contributed by atoms with Crippen molar-refractivity contribution in [3.63, 3.8) is 0 Å². The van der Waals surface area contributed by atoms with E-state index in [-0.39, 0.29) is 29.3 Å². The van der Waals surface area contributed by atoms with Crippen LogP contribution in [0.4, 0.5) is 0 Å². The number of rotatable bonds is 5. The van der Waals surface area contributed by atoms with E-state index in [1.807, 2.05) is 18.2 Å². The fourth-order valence-corrected chi connectivity index (χ4v) is 6.51. The highest BCUT2D eigenvalue weighted by molar-refractivity contribution is 5.99. The molecule has 1 aliphatic heterocycles. The number of fused-ring (bicyclic) bond motifs is 1. The highest BCUT2D eigenvalue weighted by Gasteiger charge is 2.54. The molecule has 2 aliphatic carbocycles. The topological polar surface area (TPSA) is 112 Å². The average molecular weight is 453 g/mol. The number of benzene rings is 1. The molecule has 7 heteroatoms. The van der Waals surface area contributed by atoms with Gasteiger partial charge in [-0.3, -0.25) is 15.1 Å². The summed E-state index contributed by atoms with van der Waals surface area (Å²) < 4.78 is 11.3. The van der Waals surface area contributed by atoms with Gasteiger partial charge in [0.1, 0.15) is 0 Å². The first-order chi connectivity index (χ1) is 15.9. The summed E-state index contributed by atoms with van der Waals surface area (Å²) in [4.78, 5) is 15.7. The van der Waals surface area contributed by atoms with E-state index in [4.69, 9.17) is 20.6 Å². The van der Waals surface area contributed by atoms with Crippen molar-refractivity contribution in [2.45, 2.75) is 63.9 Å². The Morgan fingerprint density at radius 3 is 2.76 bits per heavy atom. The summed E-state index contributed by atoms with van der Waals surface area (Å²) in [6.07, 6.45) is 6.47. The van der Waals surface area contributed by atoms with Crippen LogP contribution in [0, 0.1) is 34.0 Å². The minimum atomic E-state index is -0.392. The van der Waals surface area contributed by atoms with E-state index in [0.29, 0.717) is 31.2 Å². The quantitative estimate of drug-likeness (QED) is 0.524. The van der Waals surface area contributed by atoms with Gasteiger partial charge in [0.05, 0.1) is 23.7 Å². The molecule has 7 nitrogen and oxygen atoms in total. The summed E-state index contributed by atoms with van der Waals surface area (Å²) in [5.41, 5.74) is 8.43. The van der Waals surface area contributed by atoms with Crippen molar-refractivity contribution in [3.05, 3.63) is 34.9 Å². The fourth-order valence-electron chi connectivity index (χ4n) is 6.51. The number of carbonyl (C=O) groups excluding carboxylic acids is 1. The first-order valence-corrected chi connectivity index (χ1v) is 12.2. The second-order valence-electron chi connectivity index (χ2n) is 10.1. The lowest BCUT2D eigenvalue weighted by atomic mass is 9.61. The number of amides is 1. The number of methoxy groups -OCH3 is 1. The molecule has 0 radical (unpaired) electrons. The monoisotopic (exact) mass is 452 g/mol. The molecule has 1 aromatic rings. The summed E-state index contributed by atoms with van der Waals surface area (Å²) in [6, 6.07) is 7.99.